The molecule has 2 aromatic heterocycles. The summed E-state index contributed by atoms with van der Waals surface area (Å²) in [6, 6.07) is 3.33. The Bertz CT molecular complexity index is 578. The van der Waals surface area contributed by atoms with E-state index in [2.05, 4.69) is 10.1 Å². The van der Waals surface area contributed by atoms with E-state index >= 15 is 0 Å². The van der Waals surface area contributed by atoms with E-state index in [9.17, 15) is 13.6 Å². The maximum atomic E-state index is 12.4. The average molecular weight is 253 g/mol. The quantitative estimate of drug-likeness (QED) is 0.787. The molecule has 4 nitrogen and oxygen atoms in total. The molecule has 0 atom stereocenters. The van der Waals surface area contributed by atoms with E-state index in [1.54, 1.807) is 26.0 Å². The lowest BCUT2D eigenvalue weighted by molar-refractivity contribution is 0.0930. The van der Waals surface area contributed by atoms with Crippen LogP contribution in [0.15, 0.2) is 18.3 Å². The van der Waals surface area contributed by atoms with E-state index in [-0.39, 0.29) is 17.4 Å². The molecule has 0 bridgehead atoms. The maximum Gasteiger partial charge on any atom is 0.258 e. The van der Waals surface area contributed by atoms with Crippen LogP contribution in [0.2, 0.25) is 0 Å². The second-order valence-electron chi connectivity index (χ2n) is 4.32. The first-order valence-electron chi connectivity index (χ1n) is 5.64. The number of ketones is 1. The number of carbonyl (C=O) groups excluding carboxylic acids is 1. The third-order valence-electron chi connectivity index (χ3n) is 2.58. The summed E-state index contributed by atoms with van der Waals surface area (Å²) < 4.78 is 26.0. The molecule has 0 saturated heterocycles. The zero-order valence-corrected chi connectivity index (χ0v) is 10.1. The van der Waals surface area contributed by atoms with Crippen LogP contribution in [0.1, 0.15) is 24.3 Å². The summed E-state index contributed by atoms with van der Waals surface area (Å²) in [4.78, 5) is 16.0. The fourth-order valence-corrected chi connectivity index (χ4v) is 1.72. The van der Waals surface area contributed by atoms with Crippen molar-refractivity contribution < 1.29 is 13.6 Å². The number of alkyl halides is 2. The van der Waals surface area contributed by atoms with Crippen LogP contribution in [-0.2, 0) is 6.54 Å². The topological polar surface area (TPSA) is 47.8 Å². The number of fused-ring (bicyclic) bond motifs is 1. The number of hydrogen-bond acceptors (Lipinski definition) is 3. The van der Waals surface area contributed by atoms with Crippen LogP contribution in [0.5, 0.6) is 0 Å². The lowest BCUT2D eigenvalue weighted by Crippen LogP contribution is -2.12. The number of Topliss-reactive ketones (excluding diaryl/α,β-unsaturated/α-hetero) is 1. The highest BCUT2D eigenvalue weighted by molar-refractivity contribution is 6.06. The zero-order chi connectivity index (χ0) is 13.3. The molecule has 96 valence electrons. The van der Waals surface area contributed by atoms with Gasteiger partial charge in [0.25, 0.3) is 6.43 Å². The van der Waals surface area contributed by atoms with Crippen molar-refractivity contribution in [3.05, 3.63) is 24.0 Å². The summed E-state index contributed by atoms with van der Waals surface area (Å²) >= 11 is 0. The number of carbonyl (C=O) groups is 1. The van der Waals surface area contributed by atoms with Crippen LogP contribution >= 0.6 is 0 Å². The molecule has 2 aromatic rings. The third kappa shape index (κ3) is 2.23. The minimum atomic E-state index is -2.53. The molecule has 0 aromatic carbocycles. The first kappa shape index (κ1) is 12.6. The van der Waals surface area contributed by atoms with Crippen LogP contribution < -0.4 is 0 Å². The van der Waals surface area contributed by atoms with E-state index in [0.29, 0.717) is 11.0 Å². The minimum Gasteiger partial charge on any atom is -0.292 e. The second-order valence-corrected chi connectivity index (χ2v) is 4.32. The van der Waals surface area contributed by atoms with Gasteiger partial charge in [-0.15, -0.1) is 0 Å². The largest absolute Gasteiger partial charge is 0.292 e. The summed E-state index contributed by atoms with van der Waals surface area (Å²) in [5.74, 6) is -0.399. The zero-order valence-electron chi connectivity index (χ0n) is 10.1. The van der Waals surface area contributed by atoms with Crippen LogP contribution in [-0.4, -0.2) is 27.0 Å². The van der Waals surface area contributed by atoms with Gasteiger partial charge in [0.15, 0.2) is 11.4 Å². The fraction of sp³-hybridized carbons (Fsp3) is 0.417. The van der Waals surface area contributed by atoms with Crippen molar-refractivity contribution in [2.75, 3.05) is 0 Å². The molecule has 0 aliphatic rings. The van der Waals surface area contributed by atoms with Gasteiger partial charge in [-0.1, -0.05) is 13.8 Å². The van der Waals surface area contributed by atoms with E-state index in [0.717, 1.165) is 4.68 Å². The molecular weight excluding hydrogens is 240 g/mol. The molecule has 0 radical (unpaired) electrons. The maximum absolute atomic E-state index is 12.4. The number of nitrogens with zero attached hydrogens (tertiary/aromatic N) is 3. The molecule has 0 saturated carbocycles. The Morgan fingerprint density at radius 3 is 2.78 bits per heavy atom. The number of aromatic nitrogens is 3. The normalized spacial score (nSPS) is 11.7. The molecule has 6 heteroatoms. The SMILES string of the molecule is CC(C)C(=O)c1nn(CC(F)F)c2ncccc12. The smallest absolute Gasteiger partial charge is 0.258 e. The number of pyridine rings is 1. The molecule has 2 heterocycles. The Hall–Kier alpha value is -1.85. The molecular formula is C12H13F2N3O. The van der Waals surface area contributed by atoms with E-state index in [1.165, 1.54) is 6.20 Å². The van der Waals surface area contributed by atoms with Gasteiger partial charge in [0.1, 0.15) is 12.2 Å². The highest BCUT2D eigenvalue weighted by atomic mass is 19.3. The lowest BCUT2D eigenvalue weighted by atomic mass is 10.0. The molecule has 0 aliphatic carbocycles. The van der Waals surface area contributed by atoms with E-state index in [4.69, 9.17) is 0 Å². The lowest BCUT2D eigenvalue weighted by Gasteiger charge is -2.00. The molecule has 0 spiro atoms. The third-order valence-corrected chi connectivity index (χ3v) is 2.58. The predicted octanol–water partition coefficient (Wildman–Crippen LogP) is 2.54. The average Bonchev–Trinajstić information content (AvgIpc) is 2.67. The molecule has 0 amide bonds. The minimum absolute atomic E-state index is 0.166. The summed E-state index contributed by atoms with van der Waals surface area (Å²) in [5, 5.41) is 4.50. The van der Waals surface area contributed by atoms with Gasteiger partial charge in [-0.2, -0.15) is 5.10 Å². The molecule has 2 rings (SSSR count). The van der Waals surface area contributed by atoms with Crippen molar-refractivity contribution in [1.29, 1.82) is 0 Å². The Labute approximate surface area is 103 Å². The predicted molar refractivity (Wildman–Crippen MR) is 62.7 cm³/mol. The molecule has 0 fully saturated rings. The monoisotopic (exact) mass is 253 g/mol. The van der Waals surface area contributed by atoms with Gasteiger partial charge in [0.2, 0.25) is 0 Å². The van der Waals surface area contributed by atoms with Crippen molar-refractivity contribution >= 4 is 16.8 Å². The molecule has 18 heavy (non-hydrogen) atoms. The van der Waals surface area contributed by atoms with Crippen LogP contribution in [0, 0.1) is 5.92 Å². The highest BCUT2D eigenvalue weighted by Crippen LogP contribution is 2.19. The summed E-state index contributed by atoms with van der Waals surface area (Å²) in [5.41, 5.74) is 0.538. The van der Waals surface area contributed by atoms with Gasteiger partial charge in [0, 0.05) is 12.1 Å². The number of halogens is 2. The second kappa shape index (κ2) is 4.80. The van der Waals surface area contributed by atoms with Crippen molar-refractivity contribution in [2.45, 2.75) is 26.8 Å². The van der Waals surface area contributed by atoms with Crippen molar-refractivity contribution in [1.82, 2.24) is 14.8 Å². The highest BCUT2D eigenvalue weighted by Gasteiger charge is 2.21. The van der Waals surface area contributed by atoms with Gasteiger partial charge in [-0.05, 0) is 12.1 Å². The van der Waals surface area contributed by atoms with E-state index in [1.807, 2.05) is 0 Å². The Kier molecular flexibility index (Phi) is 3.36. The van der Waals surface area contributed by atoms with Gasteiger partial charge in [0.05, 0.1) is 5.39 Å². The standard InChI is InChI=1S/C12H13F2N3O/c1-7(2)11(18)10-8-4-3-5-15-12(8)17(16-10)6-9(13)14/h3-5,7,9H,6H2,1-2H3. The van der Waals surface area contributed by atoms with Gasteiger partial charge >= 0.3 is 0 Å². The Balaban J connectivity index is 2.57. The van der Waals surface area contributed by atoms with Crippen molar-refractivity contribution in [2.24, 2.45) is 5.92 Å². The summed E-state index contributed by atoms with van der Waals surface area (Å²) in [7, 11) is 0. The number of rotatable bonds is 4. The summed E-state index contributed by atoms with van der Waals surface area (Å²) in [6.07, 6.45) is -1.03. The van der Waals surface area contributed by atoms with Gasteiger partial charge < -0.3 is 0 Å². The van der Waals surface area contributed by atoms with Crippen molar-refractivity contribution in [3.8, 4) is 0 Å². The van der Waals surface area contributed by atoms with Crippen molar-refractivity contribution in [3.63, 3.8) is 0 Å². The van der Waals surface area contributed by atoms with Gasteiger partial charge in [-0.25, -0.2) is 18.4 Å². The molecule has 0 unspecified atom stereocenters. The number of hydrogen-bond donors (Lipinski definition) is 0. The first-order valence-corrected chi connectivity index (χ1v) is 5.64. The van der Waals surface area contributed by atoms with Crippen LogP contribution in [0.4, 0.5) is 8.78 Å². The molecule has 0 aliphatic heterocycles. The summed E-state index contributed by atoms with van der Waals surface area (Å²) in [6.45, 7) is 2.94. The van der Waals surface area contributed by atoms with E-state index < -0.39 is 13.0 Å². The first-order chi connectivity index (χ1) is 8.50. The van der Waals surface area contributed by atoms with Crippen LogP contribution in [0.3, 0.4) is 0 Å². The molecule has 0 N–H and O–H groups in total. The fourth-order valence-electron chi connectivity index (χ4n) is 1.72. The van der Waals surface area contributed by atoms with Crippen LogP contribution in [0.25, 0.3) is 11.0 Å². The Morgan fingerprint density at radius 1 is 1.44 bits per heavy atom. The Morgan fingerprint density at radius 2 is 2.17 bits per heavy atom. The van der Waals surface area contributed by atoms with Gasteiger partial charge in [-0.3, -0.25) is 4.79 Å².